The van der Waals surface area contributed by atoms with Crippen LogP contribution in [0.2, 0.25) is 0 Å². The van der Waals surface area contributed by atoms with Gasteiger partial charge in [-0.05, 0) is 59.4 Å². The monoisotopic (exact) mass is 714 g/mol. The van der Waals surface area contributed by atoms with Crippen LogP contribution in [-0.2, 0) is 54.4 Å². The molecule has 0 aromatic heterocycles. The predicted octanol–water partition coefficient (Wildman–Crippen LogP) is 5.77. The summed E-state index contributed by atoms with van der Waals surface area (Å²) >= 11 is 0. The number of hydrogen-bond donors (Lipinski definition) is 2. The minimum atomic E-state index is -0.710. The molecule has 2 N–H and O–H groups in total. The molecular weight excluding hydrogens is 664 g/mol. The Kier molecular flexibility index (Phi) is 15.3. The molecule has 4 atom stereocenters. The Morgan fingerprint density at radius 2 is 0.942 bits per heavy atom. The van der Waals surface area contributed by atoms with Crippen molar-refractivity contribution in [1.29, 1.82) is 0 Å². The molecule has 2 amide bonds. The van der Waals surface area contributed by atoms with E-state index in [0.29, 0.717) is 39.3 Å². The minimum Gasteiger partial charge on any atom is -0.508 e. The molecule has 11 heteroatoms. The number of amides is 2. The van der Waals surface area contributed by atoms with Crippen molar-refractivity contribution in [2.45, 2.75) is 50.2 Å². The molecule has 52 heavy (non-hydrogen) atoms. The Morgan fingerprint density at radius 3 is 1.33 bits per heavy atom. The molecule has 4 aromatic rings. The molecule has 1 heterocycles. The first-order valence-electron chi connectivity index (χ1n) is 17.5. The number of carbonyl (C=O) groups excluding carboxylic acids is 1. The summed E-state index contributed by atoms with van der Waals surface area (Å²) in [6, 6.07) is 32.4. The Balaban J connectivity index is 1.66. The van der Waals surface area contributed by atoms with Crippen LogP contribution in [0.25, 0.3) is 0 Å². The van der Waals surface area contributed by atoms with Crippen molar-refractivity contribution in [2.24, 2.45) is 0 Å². The molecule has 0 radical (unpaired) electrons. The van der Waals surface area contributed by atoms with Crippen molar-refractivity contribution in [3.05, 3.63) is 131 Å². The van der Waals surface area contributed by atoms with Gasteiger partial charge < -0.3 is 48.4 Å². The number of hydrogen-bond acceptors (Lipinski definition) is 9. The van der Waals surface area contributed by atoms with Crippen molar-refractivity contribution in [3.63, 3.8) is 0 Å². The van der Waals surface area contributed by atoms with Crippen LogP contribution in [0.1, 0.15) is 22.3 Å². The minimum absolute atomic E-state index is 0.0670. The van der Waals surface area contributed by atoms with Gasteiger partial charge in [-0.3, -0.25) is 0 Å². The van der Waals surface area contributed by atoms with Gasteiger partial charge in [-0.1, -0.05) is 84.9 Å². The summed E-state index contributed by atoms with van der Waals surface area (Å²) in [7, 11) is 3.22. The highest BCUT2D eigenvalue weighted by atomic mass is 16.7. The molecule has 278 valence electrons. The third-order valence-electron chi connectivity index (χ3n) is 9.03. The first-order valence-corrected chi connectivity index (χ1v) is 17.5. The van der Waals surface area contributed by atoms with Crippen molar-refractivity contribution in [2.75, 3.05) is 54.2 Å². The highest BCUT2D eigenvalue weighted by molar-refractivity contribution is 5.76. The highest BCUT2D eigenvalue weighted by Gasteiger charge is 2.49. The van der Waals surface area contributed by atoms with E-state index in [0.717, 1.165) is 22.3 Å². The average molecular weight is 715 g/mol. The maximum atomic E-state index is 15.4. The lowest BCUT2D eigenvalue weighted by molar-refractivity contribution is -0.192. The van der Waals surface area contributed by atoms with Gasteiger partial charge in [-0.15, -0.1) is 0 Å². The van der Waals surface area contributed by atoms with E-state index in [2.05, 4.69) is 0 Å². The van der Waals surface area contributed by atoms with Gasteiger partial charge in [0.15, 0.2) is 0 Å². The van der Waals surface area contributed by atoms with Gasteiger partial charge in [0.05, 0.1) is 38.5 Å². The Morgan fingerprint density at radius 1 is 0.538 bits per heavy atom. The quantitative estimate of drug-likeness (QED) is 0.0869. The van der Waals surface area contributed by atoms with Crippen LogP contribution < -0.4 is 0 Å². The zero-order valence-corrected chi connectivity index (χ0v) is 29.9. The lowest BCUT2D eigenvalue weighted by atomic mass is 9.90. The molecule has 0 spiro atoms. The molecule has 0 unspecified atom stereocenters. The average Bonchev–Trinajstić information content (AvgIpc) is 3.22. The third kappa shape index (κ3) is 11.3. The van der Waals surface area contributed by atoms with Crippen molar-refractivity contribution >= 4 is 6.03 Å². The van der Waals surface area contributed by atoms with Gasteiger partial charge in [0, 0.05) is 27.3 Å². The van der Waals surface area contributed by atoms with E-state index in [9.17, 15) is 10.2 Å². The number of rotatable bonds is 20. The van der Waals surface area contributed by atoms with Gasteiger partial charge in [0.1, 0.15) is 37.3 Å². The smallest absolute Gasteiger partial charge is 0.321 e. The molecule has 4 aromatic carbocycles. The van der Waals surface area contributed by atoms with Crippen LogP contribution in [0.3, 0.4) is 0 Å². The van der Waals surface area contributed by atoms with Gasteiger partial charge in [-0.2, -0.15) is 0 Å². The lowest BCUT2D eigenvalue weighted by Crippen LogP contribution is -2.53. The fraction of sp³-hybridized carbons (Fsp3) is 0.390. The Labute approximate surface area is 306 Å². The largest absolute Gasteiger partial charge is 0.508 e. The first kappa shape index (κ1) is 38.7. The zero-order chi connectivity index (χ0) is 36.5. The fourth-order valence-electron chi connectivity index (χ4n) is 6.55. The van der Waals surface area contributed by atoms with Crippen LogP contribution in [-0.4, -0.2) is 105 Å². The number of benzene rings is 4. The number of phenolic OH excluding ortho intramolecular Hbond substituents is 2. The van der Waals surface area contributed by atoms with E-state index in [-0.39, 0.29) is 44.2 Å². The fourth-order valence-corrected chi connectivity index (χ4v) is 6.55. The van der Waals surface area contributed by atoms with Gasteiger partial charge >= 0.3 is 6.03 Å². The van der Waals surface area contributed by atoms with Gasteiger partial charge in [0.25, 0.3) is 0 Å². The van der Waals surface area contributed by atoms with Crippen molar-refractivity contribution in [1.82, 2.24) is 9.80 Å². The summed E-state index contributed by atoms with van der Waals surface area (Å²) in [5.41, 5.74) is 3.51. The summed E-state index contributed by atoms with van der Waals surface area (Å²) in [4.78, 5) is 19.0. The van der Waals surface area contributed by atoms with Crippen LogP contribution in [0.15, 0.2) is 109 Å². The normalized spacial score (nSPS) is 19.2. The number of ether oxygens (including phenoxy) is 6. The topological polar surface area (TPSA) is 119 Å². The second-order valence-corrected chi connectivity index (χ2v) is 12.7. The van der Waals surface area contributed by atoms with E-state index < -0.39 is 24.3 Å². The van der Waals surface area contributed by atoms with Crippen LogP contribution >= 0.6 is 0 Å². The van der Waals surface area contributed by atoms with Gasteiger partial charge in [-0.25, -0.2) is 4.79 Å². The second-order valence-electron chi connectivity index (χ2n) is 12.7. The van der Waals surface area contributed by atoms with E-state index in [4.69, 9.17) is 28.4 Å². The molecule has 11 nitrogen and oxygen atoms in total. The molecule has 1 aliphatic heterocycles. The number of aromatic hydroxyl groups is 2. The zero-order valence-electron chi connectivity index (χ0n) is 29.9. The lowest BCUT2D eigenvalue weighted by Gasteiger charge is -2.38. The highest BCUT2D eigenvalue weighted by Crippen LogP contribution is 2.33. The summed E-state index contributed by atoms with van der Waals surface area (Å²) in [6.45, 7) is 1.66. The van der Waals surface area contributed by atoms with Crippen molar-refractivity contribution < 1.29 is 43.4 Å². The van der Waals surface area contributed by atoms with Crippen molar-refractivity contribution in [3.8, 4) is 11.5 Å². The molecule has 1 saturated heterocycles. The van der Waals surface area contributed by atoms with Gasteiger partial charge in [0.2, 0.25) is 0 Å². The Bertz CT molecular complexity index is 1510. The summed E-state index contributed by atoms with van der Waals surface area (Å²) in [6.07, 6.45) is -0.538. The van der Waals surface area contributed by atoms with E-state index in [1.165, 1.54) is 0 Å². The van der Waals surface area contributed by atoms with Crippen LogP contribution in [0.5, 0.6) is 11.5 Å². The summed E-state index contributed by atoms with van der Waals surface area (Å²) in [5, 5.41) is 20.9. The first-order chi connectivity index (χ1) is 25.5. The predicted molar refractivity (Wildman–Crippen MR) is 196 cm³/mol. The summed E-state index contributed by atoms with van der Waals surface area (Å²) in [5.74, 6) is 0.207. The maximum Gasteiger partial charge on any atom is 0.321 e. The standard InChI is InChI=1S/C41H50N2O9/c1-47-19-21-49-29-51-39-37(25-31-11-5-3-6-12-31)42(27-33-15-9-17-35(44)23-33)41(46)43(28-34-16-10-18-36(45)24-34)38(26-32-13-7-4-8-14-32)40(39)52-30-50-22-20-48-2/h3-18,23-24,37-40,44-45H,19-22,25-30H2,1-2H3/t37-,38-,39+,40+/m1/s1. The van der Waals surface area contributed by atoms with E-state index >= 15 is 4.79 Å². The summed E-state index contributed by atoms with van der Waals surface area (Å²) < 4.78 is 35.6. The number of nitrogens with zero attached hydrogens (tertiary/aromatic N) is 2. The molecule has 0 saturated carbocycles. The molecule has 1 fully saturated rings. The third-order valence-corrected chi connectivity index (χ3v) is 9.03. The van der Waals surface area contributed by atoms with Crippen LogP contribution in [0, 0.1) is 0 Å². The molecule has 0 bridgehead atoms. The van der Waals surface area contributed by atoms with Crippen LogP contribution in [0.4, 0.5) is 4.79 Å². The number of urea groups is 1. The van der Waals surface area contributed by atoms with E-state index in [1.54, 1.807) is 50.6 Å². The second kappa shape index (κ2) is 20.5. The van der Waals surface area contributed by atoms with E-state index in [1.807, 2.05) is 82.6 Å². The molecule has 0 aliphatic carbocycles. The number of methoxy groups -OCH3 is 2. The molecule has 1 aliphatic rings. The number of phenols is 2. The molecular formula is C41H50N2O9. The number of carbonyl (C=O) groups is 1. The molecule has 5 rings (SSSR count). The maximum absolute atomic E-state index is 15.4. The SMILES string of the molecule is COCCOCO[C@@H]1[C@@H](OCOCCOC)[C@@H](Cc2ccccc2)N(Cc2cccc(O)c2)C(=O)N(Cc2cccc(O)c2)[C@@H]1Cc1ccccc1. The Hall–Kier alpha value is -4.49.